The zero-order valence-electron chi connectivity index (χ0n) is 9.75. The van der Waals surface area contributed by atoms with Crippen molar-refractivity contribution in [2.75, 3.05) is 31.7 Å². The van der Waals surface area contributed by atoms with Crippen LogP contribution in [0.1, 0.15) is 12.0 Å². The van der Waals surface area contributed by atoms with E-state index in [4.69, 9.17) is 15.1 Å². The standard InChI is InChI=1S/C12H14BrFN2O2/c13-11-9(8-15)2-3-10(12(11)14)16-4-1-6-18-7-5-17/h2-3,16-17H,1,4-7H2. The molecule has 6 heteroatoms. The first-order valence-corrected chi connectivity index (χ1v) is 6.30. The SMILES string of the molecule is N#Cc1ccc(NCCCOCCO)c(F)c1Br. The molecule has 0 aliphatic carbocycles. The van der Waals surface area contributed by atoms with Crippen LogP contribution < -0.4 is 5.32 Å². The van der Waals surface area contributed by atoms with Gasteiger partial charge in [-0.2, -0.15) is 5.26 Å². The van der Waals surface area contributed by atoms with Gasteiger partial charge in [0.05, 0.1) is 28.9 Å². The summed E-state index contributed by atoms with van der Waals surface area (Å²) in [5, 5.41) is 20.1. The Morgan fingerprint density at radius 1 is 1.44 bits per heavy atom. The van der Waals surface area contributed by atoms with E-state index in [1.165, 1.54) is 6.07 Å². The number of benzene rings is 1. The number of hydrogen-bond donors (Lipinski definition) is 2. The van der Waals surface area contributed by atoms with Crippen LogP contribution in [0.5, 0.6) is 0 Å². The van der Waals surface area contributed by atoms with Crippen molar-refractivity contribution in [3.8, 4) is 6.07 Å². The summed E-state index contributed by atoms with van der Waals surface area (Å²) in [6.45, 7) is 1.38. The van der Waals surface area contributed by atoms with Crippen molar-refractivity contribution in [3.05, 3.63) is 28.0 Å². The summed E-state index contributed by atoms with van der Waals surface area (Å²) < 4.78 is 19.0. The molecule has 1 aromatic carbocycles. The third-order valence-electron chi connectivity index (χ3n) is 2.22. The molecule has 0 aromatic heterocycles. The van der Waals surface area contributed by atoms with Crippen LogP contribution in [0.15, 0.2) is 16.6 Å². The average Bonchev–Trinajstić information content (AvgIpc) is 2.38. The summed E-state index contributed by atoms with van der Waals surface area (Å²) in [5.74, 6) is -0.467. The highest BCUT2D eigenvalue weighted by molar-refractivity contribution is 9.10. The minimum absolute atomic E-state index is 0.00459. The monoisotopic (exact) mass is 316 g/mol. The molecule has 4 nitrogen and oxygen atoms in total. The number of nitrogens with one attached hydrogen (secondary N) is 1. The first-order chi connectivity index (χ1) is 8.70. The molecule has 18 heavy (non-hydrogen) atoms. The van der Waals surface area contributed by atoms with E-state index in [0.717, 1.165) is 0 Å². The lowest BCUT2D eigenvalue weighted by molar-refractivity contribution is 0.0922. The van der Waals surface area contributed by atoms with E-state index in [9.17, 15) is 4.39 Å². The number of aliphatic hydroxyl groups excluding tert-OH is 1. The van der Waals surface area contributed by atoms with Crippen molar-refractivity contribution in [2.24, 2.45) is 0 Å². The molecule has 0 amide bonds. The molecule has 0 bridgehead atoms. The number of anilines is 1. The molecule has 1 aromatic rings. The van der Waals surface area contributed by atoms with E-state index in [0.29, 0.717) is 31.9 Å². The summed E-state index contributed by atoms with van der Waals surface area (Å²) in [5.41, 5.74) is 0.618. The third kappa shape index (κ3) is 4.26. The molecule has 0 aliphatic rings. The highest BCUT2D eigenvalue weighted by Gasteiger charge is 2.10. The highest BCUT2D eigenvalue weighted by atomic mass is 79.9. The fourth-order valence-corrected chi connectivity index (χ4v) is 1.77. The van der Waals surface area contributed by atoms with E-state index >= 15 is 0 Å². The molecule has 0 aliphatic heterocycles. The van der Waals surface area contributed by atoms with E-state index in [-0.39, 0.29) is 16.6 Å². The van der Waals surface area contributed by atoms with E-state index in [1.807, 2.05) is 6.07 Å². The van der Waals surface area contributed by atoms with Crippen LogP contribution in [0, 0.1) is 17.1 Å². The van der Waals surface area contributed by atoms with Crippen molar-refractivity contribution in [2.45, 2.75) is 6.42 Å². The molecule has 0 saturated carbocycles. The van der Waals surface area contributed by atoms with Gasteiger partial charge in [-0.3, -0.25) is 0 Å². The first kappa shape index (κ1) is 14.9. The van der Waals surface area contributed by atoms with Crippen LogP contribution in [0.25, 0.3) is 0 Å². The number of hydrogen-bond acceptors (Lipinski definition) is 4. The van der Waals surface area contributed by atoms with Crippen LogP contribution in [0.2, 0.25) is 0 Å². The second-order valence-corrected chi connectivity index (χ2v) is 4.31. The Balaban J connectivity index is 2.44. The van der Waals surface area contributed by atoms with Crippen molar-refractivity contribution in [3.63, 3.8) is 0 Å². The number of halogens is 2. The van der Waals surface area contributed by atoms with Gasteiger partial charge in [0.1, 0.15) is 6.07 Å². The lowest BCUT2D eigenvalue weighted by atomic mass is 10.2. The Hall–Kier alpha value is -1.16. The lowest BCUT2D eigenvalue weighted by Crippen LogP contribution is -2.08. The second-order valence-electron chi connectivity index (χ2n) is 3.52. The summed E-state index contributed by atoms with van der Waals surface area (Å²) in [6.07, 6.45) is 0.705. The van der Waals surface area contributed by atoms with Gasteiger partial charge in [-0.05, 0) is 34.5 Å². The molecule has 0 heterocycles. The van der Waals surface area contributed by atoms with Gasteiger partial charge in [-0.1, -0.05) is 0 Å². The van der Waals surface area contributed by atoms with Gasteiger partial charge < -0.3 is 15.2 Å². The van der Waals surface area contributed by atoms with Crippen LogP contribution >= 0.6 is 15.9 Å². The van der Waals surface area contributed by atoms with Crippen molar-refractivity contribution < 1.29 is 14.2 Å². The maximum atomic E-state index is 13.8. The largest absolute Gasteiger partial charge is 0.394 e. The molecular weight excluding hydrogens is 303 g/mol. The maximum Gasteiger partial charge on any atom is 0.161 e. The van der Waals surface area contributed by atoms with Gasteiger partial charge in [0.25, 0.3) is 0 Å². The number of aliphatic hydroxyl groups is 1. The molecule has 2 N–H and O–H groups in total. The summed E-state index contributed by atoms with van der Waals surface area (Å²) in [4.78, 5) is 0. The molecule has 0 fully saturated rings. The highest BCUT2D eigenvalue weighted by Crippen LogP contribution is 2.26. The minimum atomic E-state index is -0.467. The van der Waals surface area contributed by atoms with Gasteiger partial charge in [0.15, 0.2) is 5.82 Å². The number of rotatable bonds is 7. The summed E-state index contributed by atoms with van der Waals surface area (Å²) >= 11 is 3.04. The maximum absolute atomic E-state index is 13.8. The van der Waals surface area contributed by atoms with E-state index in [1.54, 1.807) is 6.07 Å². The molecule has 0 atom stereocenters. The zero-order chi connectivity index (χ0) is 13.4. The minimum Gasteiger partial charge on any atom is -0.394 e. The molecule has 98 valence electrons. The predicted octanol–water partition coefficient (Wildman–Crippen LogP) is 2.27. The van der Waals surface area contributed by atoms with Gasteiger partial charge >= 0.3 is 0 Å². The average molecular weight is 317 g/mol. The Bertz CT molecular complexity index is 435. The fourth-order valence-electron chi connectivity index (χ4n) is 1.34. The third-order valence-corrected chi connectivity index (χ3v) is 2.99. The van der Waals surface area contributed by atoms with Crippen molar-refractivity contribution in [1.29, 1.82) is 5.26 Å². The first-order valence-electron chi connectivity index (χ1n) is 5.51. The van der Waals surface area contributed by atoms with Crippen LogP contribution in [-0.2, 0) is 4.74 Å². The smallest absolute Gasteiger partial charge is 0.161 e. The van der Waals surface area contributed by atoms with Crippen molar-refractivity contribution in [1.82, 2.24) is 0 Å². The summed E-state index contributed by atoms with van der Waals surface area (Å²) in [6, 6.07) is 4.98. The predicted molar refractivity (Wildman–Crippen MR) is 69.8 cm³/mol. The zero-order valence-corrected chi connectivity index (χ0v) is 11.3. The number of ether oxygens (including phenoxy) is 1. The Morgan fingerprint density at radius 2 is 2.22 bits per heavy atom. The van der Waals surface area contributed by atoms with Crippen molar-refractivity contribution >= 4 is 21.6 Å². The quantitative estimate of drug-likeness (QED) is 0.757. The Kier molecular flexibility index (Phi) is 6.65. The molecule has 1 rings (SSSR count). The Morgan fingerprint density at radius 3 is 2.89 bits per heavy atom. The molecule has 0 unspecified atom stereocenters. The normalized spacial score (nSPS) is 10.1. The van der Waals surface area contributed by atoms with Crippen LogP contribution in [-0.4, -0.2) is 31.5 Å². The van der Waals surface area contributed by atoms with Crippen LogP contribution in [0.4, 0.5) is 10.1 Å². The van der Waals surface area contributed by atoms with E-state index in [2.05, 4.69) is 21.2 Å². The van der Waals surface area contributed by atoms with E-state index < -0.39 is 5.82 Å². The number of nitrogens with zero attached hydrogens (tertiary/aromatic N) is 1. The molecule has 0 spiro atoms. The fraction of sp³-hybridized carbons (Fsp3) is 0.417. The number of nitriles is 1. The molecular formula is C12H14BrFN2O2. The Labute approximate surface area is 114 Å². The second kappa shape index (κ2) is 8.03. The van der Waals surface area contributed by atoms with Gasteiger partial charge in [-0.15, -0.1) is 0 Å². The lowest BCUT2D eigenvalue weighted by Gasteiger charge is -2.09. The van der Waals surface area contributed by atoms with Gasteiger partial charge in [0.2, 0.25) is 0 Å². The molecule has 0 saturated heterocycles. The topological polar surface area (TPSA) is 65.3 Å². The van der Waals surface area contributed by atoms with Gasteiger partial charge in [-0.25, -0.2) is 4.39 Å². The van der Waals surface area contributed by atoms with Gasteiger partial charge in [0, 0.05) is 13.2 Å². The van der Waals surface area contributed by atoms with Crippen LogP contribution in [0.3, 0.4) is 0 Å². The summed E-state index contributed by atoms with van der Waals surface area (Å²) in [7, 11) is 0. The molecule has 0 radical (unpaired) electrons.